The fourth-order valence-corrected chi connectivity index (χ4v) is 3.22. The largest absolute Gasteiger partial charge is 0.345 e. The van der Waals surface area contributed by atoms with Gasteiger partial charge in [0.05, 0.1) is 6.54 Å². The van der Waals surface area contributed by atoms with Crippen LogP contribution in [-0.4, -0.2) is 26.9 Å². The summed E-state index contributed by atoms with van der Waals surface area (Å²) in [6, 6.07) is 15.4. The van der Waals surface area contributed by atoms with Gasteiger partial charge >= 0.3 is 0 Å². The fourth-order valence-electron chi connectivity index (χ4n) is 2.44. The number of aromatic nitrogens is 3. The lowest BCUT2D eigenvalue weighted by molar-refractivity contribution is 0.0949. The first-order valence-electron chi connectivity index (χ1n) is 7.67. The average molecular weight is 417 g/mol. The quantitative estimate of drug-likeness (QED) is 0.638. The van der Waals surface area contributed by atoms with Crippen molar-refractivity contribution in [3.05, 3.63) is 70.0 Å². The maximum atomic E-state index is 12.4. The first-order chi connectivity index (χ1) is 12.1. The minimum Gasteiger partial charge on any atom is -0.345 e. The number of nitrogens with zero attached hydrogens (tertiary/aromatic N) is 3. The number of hydrogen-bond donors (Lipinski definition) is 1. The van der Waals surface area contributed by atoms with Crippen LogP contribution >= 0.6 is 27.7 Å². The van der Waals surface area contributed by atoms with Crippen molar-refractivity contribution in [3.63, 3.8) is 0 Å². The molecular formula is C18H17BrN4OS. The van der Waals surface area contributed by atoms with Gasteiger partial charge in [0.2, 0.25) is 0 Å². The lowest BCUT2D eigenvalue weighted by Gasteiger charge is -2.10. The van der Waals surface area contributed by atoms with Gasteiger partial charge < -0.3 is 5.32 Å². The molecule has 7 heteroatoms. The summed E-state index contributed by atoms with van der Waals surface area (Å²) in [5, 5.41) is 12.1. The highest BCUT2D eigenvalue weighted by Crippen LogP contribution is 2.21. The lowest BCUT2D eigenvalue weighted by Crippen LogP contribution is -2.24. The number of aryl methyl sites for hydroxylation is 1. The number of carbonyl (C=O) groups is 1. The van der Waals surface area contributed by atoms with Crippen LogP contribution in [0.5, 0.6) is 0 Å². The van der Waals surface area contributed by atoms with Crippen molar-refractivity contribution in [2.45, 2.75) is 18.6 Å². The average Bonchev–Trinajstić information content (AvgIpc) is 3.03. The molecule has 3 rings (SSSR count). The third-order valence-electron chi connectivity index (χ3n) is 3.66. The molecule has 0 aliphatic heterocycles. The van der Waals surface area contributed by atoms with Crippen molar-refractivity contribution < 1.29 is 4.79 Å². The summed E-state index contributed by atoms with van der Waals surface area (Å²) in [6.07, 6.45) is 1.95. The van der Waals surface area contributed by atoms with Crippen molar-refractivity contribution in [3.8, 4) is 5.69 Å². The van der Waals surface area contributed by atoms with Crippen molar-refractivity contribution >= 4 is 33.6 Å². The molecular weight excluding hydrogens is 400 g/mol. The van der Waals surface area contributed by atoms with Crippen LogP contribution < -0.4 is 5.32 Å². The molecule has 128 valence electrons. The smallest absolute Gasteiger partial charge is 0.251 e. The number of amides is 1. The van der Waals surface area contributed by atoms with Crippen LogP contribution in [0.1, 0.15) is 21.7 Å². The van der Waals surface area contributed by atoms with Gasteiger partial charge in [-0.05, 0) is 49.6 Å². The molecule has 5 nitrogen and oxygen atoms in total. The van der Waals surface area contributed by atoms with E-state index in [4.69, 9.17) is 0 Å². The Bertz CT molecular complexity index is 892. The molecule has 1 aromatic heterocycles. The van der Waals surface area contributed by atoms with Gasteiger partial charge in [-0.15, -0.1) is 10.2 Å². The topological polar surface area (TPSA) is 59.8 Å². The number of halogens is 1. The van der Waals surface area contributed by atoms with E-state index in [9.17, 15) is 4.79 Å². The molecule has 0 bridgehead atoms. The molecule has 0 saturated carbocycles. The van der Waals surface area contributed by atoms with Crippen molar-refractivity contribution in [1.82, 2.24) is 20.1 Å². The van der Waals surface area contributed by atoms with Crippen LogP contribution in [0.15, 0.2) is 58.2 Å². The third kappa shape index (κ3) is 4.11. The van der Waals surface area contributed by atoms with Crippen LogP contribution in [0.2, 0.25) is 0 Å². The van der Waals surface area contributed by atoms with Crippen LogP contribution in [0.25, 0.3) is 5.69 Å². The van der Waals surface area contributed by atoms with Crippen LogP contribution in [0.3, 0.4) is 0 Å². The zero-order chi connectivity index (χ0) is 17.8. The SMILES string of the molecule is CSc1nnc(CNC(=O)c2cccc(C)c2)n1-c1ccc(Br)cc1. The van der Waals surface area contributed by atoms with E-state index in [1.165, 1.54) is 11.8 Å². The second kappa shape index (κ2) is 7.84. The Hall–Kier alpha value is -2.12. The van der Waals surface area contributed by atoms with Gasteiger partial charge in [-0.1, -0.05) is 45.4 Å². The maximum absolute atomic E-state index is 12.4. The molecule has 0 unspecified atom stereocenters. The predicted molar refractivity (Wildman–Crippen MR) is 103 cm³/mol. The monoisotopic (exact) mass is 416 g/mol. The molecule has 0 fully saturated rings. The van der Waals surface area contributed by atoms with Crippen molar-refractivity contribution in [1.29, 1.82) is 0 Å². The molecule has 0 spiro atoms. The second-order valence-corrected chi connectivity index (χ2v) is 7.16. The second-order valence-electron chi connectivity index (χ2n) is 5.47. The number of nitrogens with one attached hydrogen (secondary N) is 1. The molecule has 0 aliphatic rings. The summed E-state index contributed by atoms with van der Waals surface area (Å²) in [6.45, 7) is 2.27. The van der Waals surface area contributed by atoms with Gasteiger partial charge in [0.25, 0.3) is 5.91 Å². The summed E-state index contributed by atoms with van der Waals surface area (Å²) in [5.41, 5.74) is 2.65. The van der Waals surface area contributed by atoms with Crippen LogP contribution in [0.4, 0.5) is 0 Å². The summed E-state index contributed by atoms with van der Waals surface area (Å²) < 4.78 is 2.96. The van der Waals surface area contributed by atoms with Gasteiger partial charge in [-0.2, -0.15) is 0 Å². The molecule has 2 aromatic carbocycles. The highest BCUT2D eigenvalue weighted by atomic mass is 79.9. The number of benzene rings is 2. The van der Waals surface area contributed by atoms with Gasteiger partial charge in [0, 0.05) is 15.7 Å². The van der Waals surface area contributed by atoms with E-state index < -0.39 is 0 Å². The first kappa shape index (κ1) is 17.7. The molecule has 25 heavy (non-hydrogen) atoms. The molecule has 1 heterocycles. The summed E-state index contributed by atoms with van der Waals surface area (Å²) in [7, 11) is 0. The van der Waals surface area contributed by atoms with E-state index in [2.05, 4.69) is 31.4 Å². The zero-order valence-electron chi connectivity index (χ0n) is 13.9. The lowest BCUT2D eigenvalue weighted by atomic mass is 10.1. The number of carbonyl (C=O) groups excluding carboxylic acids is 1. The Balaban J connectivity index is 1.82. The molecule has 0 radical (unpaired) electrons. The maximum Gasteiger partial charge on any atom is 0.251 e. The van der Waals surface area contributed by atoms with E-state index >= 15 is 0 Å². The third-order valence-corrected chi connectivity index (χ3v) is 4.81. The van der Waals surface area contributed by atoms with E-state index in [0.717, 1.165) is 20.9 Å². The molecule has 1 amide bonds. The fraction of sp³-hybridized carbons (Fsp3) is 0.167. The predicted octanol–water partition coefficient (Wildman–Crippen LogP) is 3.99. The standard InChI is InChI=1S/C18H17BrN4OS/c1-12-4-3-5-13(10-12)17(24)20-11-16-21-22-18(25-2)23(16)15-8-6-14(19)7-9-15/h3-10H,11H2,1-2H3,(H,20,24). The summed E-state index contributed by atoms with van der Waals surface area (Å²) in [4.78, 5) is 12.4. The van der Waals surface area contributed by atoms with Gasteiger partial charge in [0.1, 0.15) is 0 Å². The molecule has 1 N–H and O–H groups in total. The highest BCUT2D eigenvalue weighted by Gasteiger charge is 2.14. The minimum atomic E-state index is -0.125. The highest BCUT2D eigenvalue weighted by molar-refractivity contribution is 9.10. The number of rotatable bonds is 5. The van der Waals surface area contributed by atoms with E-state index in [1.807, 2.05) is 60.2 Å². The van der Waals surface area contributed by atoms with Gasteiger partial charge in [0.15, 0.2) is 11.0 Å². The number of hydrogen-bond acceptors (Lipinski definition) is 4. The van der Waals surface area contributed by atoms with E-state index in [0.29, 0.717) is 17.9 Å². The van der Waals surface area contributed by atoms with Gasteiger partial charge in [-0.3, -0.25) is 9.36 Å². The molecule has 0 atom stereocenters. The number of thioether (sulfide) groups is 1. The van der Waals surface area contributed by atoms with Crippen LogP contribution in [-0.2, 0) is 6.54 Å². The van der Waals surface area contributed by atoms with Crippen molar-refractivity contribution in [2.24, 2.45) is 0 Å². The molecule has 0 aliphatic carbocycles. The van der Waals surface area contributed by atoms with E-state index in [-0.39, 0.29) is 5.91 Å². The van der Waals surface area contributed by atoms with Gasteiger partial charge in [-0.25, -0.2) is 0 Å². The Labute approximate surface area is 159 Å². The Morgan fingerprint density at radius 1 is 1.20 bits per heavy atom. The minimum absolute atomic E-state index is 0.125. The molecule has 3 aromatic rings. The van der Waals surface area contributed by atoms with E-state index in [1.54, 1.807) is 6.07 Å². The Kier molecular flexibility index (Phi) is 5.55. The van der Waals surface area contributed by atoms with Crippen molar-refractivity contribution in [2.75, 3.05) is 6.26 Å². The Morgan fingerprint density at radius 2 is 1.96 bits per heavy atom. The molecule has 0 saturated heterocycles. The summed E-state index contributed by atoms with van der Waals surface area (Å²) >= 11 is 4.95. The van der Waals surface area contributed by atoms with Crippen LogP contribution in [0, 0.1) is 6.92 Å². The summed E-state index contributed by atoms with van der Waals surface area (Å²) in [5.74, 6) is 0.562. The first-order valence-corrected chi connectivity index (χ1v) is 9.69. The normalized spacial score (nSPS) is 10.7. The Morgan fingerprint density at radius 3 is 2.64 bits per heavy atom. The zero-order valence-corrected chi connectivity index (χ0v) is 16.3.